The van der Waals surface area contributed by atoms with Crippen molar-refractivity contribution >= 4 is 27.8 Å². The van der Waals surface area contributed by atoms with Crippen molar-refractivity contribution in [1.29, 1.82) is 0 Å². The van der Waals surface area contributed by atoms with Crippen LogP contribution >= 0.6 is 15.9 Å². The molecule has 0 aromatic rings. The number of rotatable bonds is 3. The molecule has 0 aromatic heterocycles. The van der Waals surface area contributed by atoms with Gasteiger partial charge in [-0.25, -0.2) is 4.79 Å². The highest BCUT2D eigenvalue weighted by Gasteiger charge is 2.61. The van der Waals surface area contributed by atoms with Gasteiger partial charge in [-0.2, -0.15) is 0 Å². The van der Waals surface area contributed by atoms with Crippen molar-refractivity contribution in [2.45, 2.75) is 43.3 Å². The lowest BCUT2D eigenvalue weighted by molar-refractivity contribution is -0.159. The maximum Gasteiger partial charge on any atom is 0.329 e. The molecule has 2 rings (SSSR count). The minimum Gasteiger partial charge on any atom is -0.464 e. The molecule has 5 nitrogen and oxygen atoms in total. The number of nitrogens with zero attached hydrogens (tertiary/aromatic N) is 1. The van der Waals surface area contributed by atoms with E-state index in [0.29, 0.717) is 6.61 Å². The zero-order chi connectivity index (χ0) is 13.4. The van der Waals surface area contributed by atoms with Crippen LogP contribution in [0.2, 0.25) is 0 Å². The van der Waals surface area contributed by atoms with Crippen molar-refractivity contribution < 1.29 is 19.1 Å². The summed E-state index contributed by atoms with van der Waals surface area (Å²) >= 11 is 3.60. The standard InChI is InChI=1S/C12H18BrNO4/c1-4-18-12(16)10-7-5-8(17-3)11(9(7)13)14(10)6(2)15/h7-11H,4-5H2,1-3H3/t7-,8-,9+,10-,11+/m1/s1. The lowest BCUT2D eigenvalue weighted by Gasteiger charge is -2.36. The summed E-state index contributed by atoms with van der Waals surface area (Å²) in [6, 6.07) is -0.546. The first-order chi connectivity index (χ1) is 8.52. The van der Waals surface area contributed by atoms with E-state index in [9.17, 15) is 9.59 Å². The molecule has 0 aromatic carbocycles. The number of esters is 1. The third-order valence-corrected chi connectivity index (χ3v) is 5.06. The Bertz CT molecular complexity index is 362. The minimum atomic E-state index is -0.469. The molecule has 5 atom stereocenters. The molecule has 2 fully saturated rings. The number of fused-ring (bicyclic) bond motifs is 2. The Hall–Kier alpha value is -0.620. The van der Waals surface area contributed by atoms with Gasteiger partial charge >= 0.3 is 5.97 Å². The predicted molar refractivity (Wildman–Crippen MR) is 68.3 cm³/mol. The number of amides is 1. The number of carbonyl (C=O) groups excluding carboxylic acids is 2. The number of piperidine rings is 1. The van der Waals surface area contributed by atoms with Crippen molar-refractivity contribution in [3.8, 4) is 0 Å². The molecule has 102 valence electrons. The van der Waals surface area contributed by atoms with Crippen LogP contribution in [0.1, 0.15) is 20.3 Å². The first-order valence-corrected chi connectivity index (χ1v) is 7.06. The van der Waals surface area contributed by atoms with Crippen LogP contribution in [0.4, 0.5) is 0 Å². The average molecular weight is 320 g/mol. The fourth-order valence-electron chi connectivity index (χ4n) is 3.18. The Morgan fingerprint density at radius 3 is 2.61 bits per heavy atom. The Labute approximate surface area is 115 Å². The van der Waals surface area contributed by atoms with Gasteiger partial charge in [-0.05, 0) is 13.3 Å². The largest absolute Gasteiger partial charge is 0.464 e. The van der Waals surface area contributed by atoms with Gasteiger partial charge in [0.05, 0.1) is 18.8 Å². The highest BCUT2D eigenvalue weighted by molar-refractivity contribution is 9.09. The lowest BCUT2D eigenvalue weighted by Crippen LogP contribution is -2.54. The predicted octanol–water partition coefficient (Wildman–Crippen LogP) is 0.947. The van der Waals surface area contributed by atoms with Crippen molar-refractivity contribution in [2.24, 2.45) is 5.92 Å². The number of likely N-dealkylation sites (tertiary alicyclic amines) is 1. The first kappa shape index (κ1) is 13.8. The van der Waals surface area contributed by atoms with Crippen LogP contribution in [0.15, 0.2) is 0 Å². The summed E-state index contributed by atoms with van der Waals surface area (Å²) in [4.78, 5) is 25.5. The number of carbonyl (C=O) groups is 2. The van der Waals surface area contributed by atoms with Gasteiger partial charge in [-0.15, -0.1) is 0 Å². The normalized spacial score (nSPS) is 38.0. The third kappa shape index (κ3) is 1.95. The molecule has 0 unspecified atom stereocenters. The second-order valence-corrected chi connectivity index (χ2v) is 5.79. The monoisotopic (exact) mass is 319 g/mol. The molecule has 2 aliphatic rings. The van der Waals surface area contributed by atoms with E-state index in [-0.39, 0.29) is 34.8 Å². The number of hydrogen-bond donors (Lipinski definition) is 0. The molecule has 18 heavy (non-hydrogen) atoms. The Morgan fingerprint density at radius 1 is 1.44 bits per heavy atom. The summed E-state index contributed by atoms with van der Waals surface area (Å²) in [7, 11) is 1.64. The smallest absolute Gasteiger partial charge is 0.329 e. The molecular weight excluding hydrogens is 302 g/mol. The van der Waals surface area contributed by atoms with Gasteiger partial charge in [0.1, 0.15) is 6.04 Å². The van der Waals surface area contributed by atoms with Gasteiger partial charge in [-0.1, -0.05) is 15.9 Å². The van der Waals surface area contributed by atoms with Gasteiger partial charge in [0.15, 0.2) is 0 Å². The molecule has 2 bridgehead atoms. The minimum absolute atomic E-state index is 0.00560. The fourth-order valence-corrected chi connectivity index (χ4v) is 4.28. The van der Waals surface area contributed by atoms with Gasteiger partial charge in [0, 0.05) is 24.8 Å². The Kier molecular flexibility index (Phi) is 3.96. The van der Waals surface area contributed by atoms with E-state index >= 15 is 0 Å². The van der Waals surface area contributed by atoms with E-state index < -0.39 is 6.04 Å². The Balaban J connectivity index is 2.27. The van der Waals surface area contributed by atoms with Crippen LogP contribution in [0, 0.1) is 5.92 Å². The summed E-state index contributed by atoms with van der Waals surface area (Å²) < 4.78 is 10.5. The van der Waals surface area contributed by atoms with Crippen molar-refractivity contribution in [3.05, 3.63) is 0 Å². The van der Waals surface area contributed by atoms with Crippen LogP contribution < -0.4 is 0 Å². The first-order valence-electron chi connectivity index (χ1n) is 6.15. The summed E-state index contributed by atoms with van der Waals surface area (Å²) in [6.45, 7) is 3.59. The van der Waals surface area contributed by atoms with E-state index in [1.165, 1.54) is 6.92 Å². The number of methoxy groups -OCH3 is 1. The van der Waals surface area contributed by atoms with Crippen LogP contribution in [0.25, 0.3) is 0 Å². The van der Waals surface area contributed by atoms with E-state index in [0.717, 1.165) is 6.42 Å². The highest BCUT2D eigenvalue weighted by Crippen LogP contribution is 2.47. The zero-order valence-corrected chi connectivity index (χ0v) is 12.3. The van der Waals surface area contributed by atoms with Gasteiger partial charge in [0.2, 0.25) is 5.91 Å². The van der Waals surface area contributed by atoms with E-state index in [1.54, 1.807) is 18.9 Å². The maximum absolute atomic E-state index is 12.0. The van der Waals surface area contributed by atoms with Crippen LogP contribution in [0.3, 0.4) is 0 Å². The van der Waals surface area contributed by atoms with Crippen molar-refractivity contribution in [3.63, 3.8) is 0 Å². The molecule has 0 spiro atoms. The van der Waals surface area contributed by atoms with Crippen molar-refractivity contribution in [2.75, 3.05) is 13.7 Å². The van der Waals surface area contributed by atoms with Gasteiger partial charge in [-0.3, -0.25) is 4.79 Å². The van der Waals surface area contributed by atoms with E-state index in [4.69, 9.17) is 9.47 Å². The quantitative estimate of drug-likeness (QED) is 0.574. The number of halogens is 1. The molecular formula is C12H18BrNO4. The number of alkyl halides is 1. The summed E-state index contributed by atoms with van der Waals surface area (Å²) in [5.41, 5.74) is 0. The number of hydrogen-bond acceptors (Lipinski definition) is 4. The second kappa shape index (κ2) is 5.17. The number of ether oxygens (including phenoxy) is 2. The van der Waals surface area contributed by atoms with Crippen LogP contribution in [-0.4, -0.2) is 53.5 Å². The summed E-state index contributed by atoms with van der Waals surface area (Å²) in [5.74, 6) is -0.339. The molecule has 1 aliphatic heterocycles. The lowest BCUT2D eigenvalue weighted by atomic mass is 9.97. The highest BCUT2D eigenvalue weighted by atomic mass is 79.9. The molecule has 6 heteroatoms. The fraction of sp³-hybridized carbons (Fsp3) is 0.833. The molecule has 1 amide bonds. The molecule has 1 aliphatic carbocycles. The molecule has 0 radical (unpaired) electrons. The zero-order valence-electron chi connectivity index (χ0n) is 10.8. The summed E-state index contributed by atoms with van der Waals surface area (Å²) in [6.07, 6.45) is 0.776. The van der Waals surface area contributed by atoms with Gasteiger partial charge in [0.25, 0.3) is 0 Å². The maximum atomic E-state index is 12.0. The molecule has 1 saturated heterocycles. The van der Waals surface area contributed by atoms with E-state index in [2.05, 4.69) is 15.9 Å². The molecule has 1 saturated carbocycles. The summed E-state index contributed by atoms with van der Waals surface area (Å²) in [5, 5.41) is 0. The van der Waals surface area contributed by atoms with E-state index in [1.807, 2.05) is 0 Å². The molecule has 1 heterocycles. The SMILES string of the molecule is CCOC(=O)[C@H]1[C@@H]2C[C@@H](OC)[C@@H]([C@H]2Br)N1C(C)=O. The third-order valence-electron chi connectivity index (χ3n) is 3.84. The second-order valence-electron chi connectivity index (χ2n) is 4.73. The van der Waals surface area contributed by atoms with Crippen LogP contribution in [0.5, 0.6) is 0 Å². The topological polar surface area (TPSA) is 55.8 Å². The van der Waals surface area contributed by atoms with Crippen molar-refractivity contribution in [1.82, 2.24) is 4.90 Å². The van der Waals surface area contributed by atoms with Crippen LogP contribution in [-0.2, 0) is 19.1 Å². The van der Waals surface area contributed by atoms with Gasteiger partial charge < -0.3 is 14.4 Å². The Morgan fingerprint density at radius 2 is 2.11 bits per heavy atom. The average Bonchev–Trinajstić information content (AvgIpc) is 2.79. The molecule has 0 N–H and O–H groups in total.